The quantitative estimate of drug-likeness (QED) is 0.842. The molecule has 0 radical (unpaired) electrons. The maximum absolute atomic E-state index is 13.0. The summed E-state index contributed by atoms with van der Waals surface area (Å²) in [6.07, 6.45) is 3.64. The third-order valence-electron chi connectivity index (χ3n) is 5.75. The van der Waals surface area contributed by atoms with Crippen LogP contribution in [0.2, 0.25) is 0 Å². The molecule has 5 heterocycles. The largest absolute Gasteiger partial charge is 0.361 e. The van der Waals surface area contributed by atoms with E-state index in [9.17, 15) is 9.59 Å². The average Bonchev–Trinajstić information content (AvgIpc) is 3.05. The fourth-order valence-corrected chi connectivity index (χ4v) is 4.16. The van der Waals surface area contributed by atoms with Crippen molar-refractivity contribution < 1.29 is 14.1 Å². The Labute approximate surface area is 152 Å². The van der Waals surface area contributed by atoms with E-state index in [1.807, 2.05) is 53.6 Å². The summed E-state index contributed by atoms with van der Waals surface area (Å²) in [4.78, 5) is 29.7. The van der Waals surface area contributed by atoms with Gasteiger partial charge in [0.2, 0.25) is 5.91 Å². The third kappa shape index (κ3) is 2.71. The number of carbonyl (C=O) groups excluding carboxylic acids is 2. The first-order chi connectivity index (χ1) is 12.5. The number of amides is 2. The molecule has 0 saturated carbocycles. The number of aromatic nitrogens is 2. The van der Waals surface area contributed by atoms with Gasteiger partial charge in [0.05, 0.1) is 18.2 Å². The number of piperidine rings is 1. The Hall–Kier alpha value is -2.57. The van der Waals surface area contributed by atoms with Gasteiger partial charge in [0.25, 0.3) is 5.91 Å². The van der Waals surface area contributed by atoms with Gasteiger partial charge < -0.3 is 18.9 Å². The van der Waals surface area contributed by atoms with Crippen LogP contribution in [0.3, 0.4) is 0 Å². The third-order valence-corrected chi connectivity index (χ3v) is 5.75. The van der Waals surface area contributed by atoms with Gasteiger partial charge in [-0.3, -0.25) is 9.59 Å². The number of hydrogen-bond acceptors (Lipinski definition) is 4. The van der Waals surface area contributed by atoms with E-state index in [1.54, 1.807) is 0 Å². The molecule has 0 N–H and O–H groups in total. The molecule has 3 aliphatic heterocycles. The Kier molecular flexibility index (Phi) is 4.09. The fourth-order valence-electron chi connectivity index (χ4n) is 4.16. The lowest BCUT2D eigenvalue weighted by Gasteiger charge is -2.35. The molecular formula is C19H24N4O3. The first kappa shape index (κ1) is 16.9. The van der Waals surface area contributed by atoms with E-state index in [1.165, 1.54) is 0 Å². The fraction of sp³-hybridized carbons (Fsp3) is 0.526. The van der Waals surface area contributed by atoms with Crippen LogP contribution in [0.15, 0.2) is 22.9 Å². The smallest absolute Gasteiger partial charge is 0.270 e. The Morgan fingerprint density at radius 3 is 2.77 bits per heavy atom. The standard InChI is InChI=1S/C19H24N4O3/c1-12-16(13(2)26-20-12)11-23-15-7-6-14(18(23)24)9-22(10-15)19(25)17-5-4-8-21(17)3/h4-5,8,14-15H,6-7,9-11H2,1-3H3/t14-,15+/m1/s1. The van der Waals surface area contributed by atoms with E-state index in [-0.39, 0.29) is 23.8 Å². The predicted molar refractivity (Wildman–Crippen MR) is 94.4 cm³/mol. The van der Waals surface area contributed by atoms with Gasteiger partial charge in [-0.15, -0.1) is 0 Å². The van der Waals surface area contributed by atoms with Crippen LogP contribution in [0, 0.1) is 19.8 Å². The molecule has 2 amide bonds. The van der Waals surface area contributed by atoms with Gasteiger partial charge in [-0.05, 0) is 38.8 Å². The van der Waals surface area contributed by atoms with Gasteiger partial charge in [0, 0.05) is 37.9 Å². The summed E-state index contributed by atoms with van der Waals surface area (Å²) >= 11 is 0. The molecule has 2 bridgehead atoms. The average molecular weight is 356 g/mol. The van der Waals surface area contributed by atoms with Crippen LogP contribution < -0.4 is 0 Å². The highest BCUT2D eigenvalue weighted by Gasteiger charge is 2.42. The molecule has 138 valence electrons. The zero-order chi connectivity index (χ0) is 18.4. The summed E-state index contributed by atoms with van der Waals surface area (Å²) in [7, 11) is 1.87. The monoisotopic (exact) mass is 356 g/mol. The molecule has 5 rings (SSSR count). The minimum Gasteiger partial charge on any atom is -0.361 e. The van der Waals surface area contributed by atoms with Crippen molar-refractivity contribution in [3.05, 3.63) is 41.0 Å². The van der Waals surface area contributed by atoms with Crippen molar-refractivity contribution in [1.82, 2.24) is 19.5 Å². The maximum Gasteiger partial charge on any atom is 0.270 e. The van der Waals surface area contributed by atoms with Crippen molar-refractivity contribution in [2.45, 2.75) is 39.3 Å². The molecule has 2 aromatic rings. The first-order valence-corrected chi connectivity index (χ1v) is 9.08. The van der Waals surface area contributed by atoms with Crippen LogP contribution >= 0.6 is 0 Å². The number of rotatable bonds is 3. The topological polar surface area (TPSA) is 71.6 Å². The summed E-state index contributed by atoms with van der Waals surface area (Å²) in [5.74, 6) is 0.774. The number of fused-ring (bicyclic) bond motifs is 4. The predicted octanol–water partition coefficient (Wildman–Crippen LogP) is 1.89. The lowest BCUT2D eigenvalue weighted by molar-refractivity contribution is -0.140. The lowest BCUT2D eigenvalue weighted by atomic mass is 9.93. The van der Waals surface area contributed by atoms with Crippen LogP contribution in [0.5, 0.6) is 0 Å². The molecule has 3 aliphatic rings. The molecule has 0 spiro atoms. The Bertz CT molecular complexity index is 833. The summed E-state index contributed by atoms with van der Waals surface area (Å²) in [5.41, 5.74) is 2.47. The molecule has 0 aromatic carbocycles. The lowest BCUT2D eigenvalue weighted by Crippen LogP contribution is -2.47. The molecule has 2 atom stereocenters. The number of nitrogens with zero attached hydrogens (tertiary/aromatic N) is 4. The van der Waals surface area contributed by atoms with Gasteiger partial charge in [-0.25, -0.2) is 0 Å². The highest BCUT2D eigenvalue weighted by Crippen LogP contribution is 2.32. The van der Waals surface area contributed by atoms with Crippen LogP contribution in [-0.4, -0.2) is 50.5 Å². The van der Waals surface area contributed by atoms with E-state index >= 15 is 0 Å². The van der Waals surface area contributed by atoms with Crippen LogP contribution in [0.4, 0.5) is 0 Å². The normalized spacial score (nSPS) is 22.8. The van der Waals surface area contributed by atoms with Crippen molar-refractivity contribution in [3.63, 3.8) is 0 Å². The van der Waals surface area contributed by atoms with Crippen LogP contribution in [0.25, 0.3) is 0 Å². The molecular weight excluding hydrogens is 332 g/mol. The zero-order valence-electron chi connectivity index (χ0n) is 15.4. The van der Waals surface area contributed by atoms with E-state index in [0.717, 1.165) is 29.9 Å². The van der Waals surface area contributed by atoms with E-state index < -0.39 is 0 Å². The molecule has 7 heteroatoms. The molecule has 3 fully saturated rings. The van der Waals surface area contributed by atoms with Gasteiger partial charge in [0.1, 0.15) is 11.5 Å². The summed E-state index contributed by atoms with van der Waals surface area (Å²) in [5, 5.41) is 4.00. The van der Waals surface area contributed by atoms with Gasteiger partial charge in [0.15, 0.2) is 0 Å². The first-order valence-electron chi connectivity index (χ1n) is 9.08. The summed E-state index contributed by atoms with van der Waals surface area (Å²) < 4.78 is 7.08. The van der Waals surface area contributed by atoms with Crippen molar-refractivity contribution in [1.29, 1.82) is 0 Å². The minimum absolute atomic E-state index is 0.00129. The Morgan fingerprint density at radius 2 is 2.12 bits per heavy atom. The maximum atomic E-state index is 13.0. The molecule has 0 unspecified atom stereocenters. The second-order valence-electron chi connectivity index (χ2n) is 7.41. The van der Waals surface area contributed by atoms with Crippen molar-refractivity contribution in [3.8, 4) is 0 Å². The van der Waals surface area contributed by atoms with E-state index in [2.05, 4.69) is 5.16 Å². The summed E-state index contributed by atoms with van der Waals surface area (Å²) in [6, 6.07) is 3.74. The van der Waals surface area contributed by atoms with Crippen molar-refractivity contribution >= 4 is 11.8 Å². The van der Waals surface area contributed by atoms with Crippen molar-refractivity contribution in [2.24, 2.45) is 13.0 Å². The van der Waals surface area contributed by atoms with Crippen molar-refractivity contribution in [2.75, 3.05) is 13.1 Å². The van der Waals surface area contributed by atoms with E-state index in [4.69, 9.17) is 4.52 Å². The van der Waals surface area contributed by atoms with Gasteiger partial charge in [-0.1, -0.05) is 5.16 Å². The van der Waals surface area contributed by atoms with Crippen LogP contribution in [0.1, 0.15) is 40.3 Å². The zero-order valence-corrected chi connectivity index (χ0v) is 15.4. The Balaban J connectivity index is 1.58. The second-order valence-corrected chi connectivity index (χ2v) is 7.41. The van der Waals surface area contributed by atoms with Gasteiger partial charge >= 0.3 is 0 Å². The molecule has 0 aliphatic carbocycles. The highest BCUT2D eigenvalue weighted by molar-refractivity contribution is 5.93. The molecule has 3 saturated heterocycles. The number of hydrogen-bond donors (Lipinski definition) is 0. The highest BCUT2D eigenvalue weighted by atomic mass is 16.5. The Morgan fingerprint density at radius 1 is 1.31 bits per heavy atom. The molecule has 2 aromatic heterocycles. The second kappa shape index (κ2) is 6.30. The molecule has 7 nitrogen and oxygen atoms in total. The number of carbonyl (C=O) groups is 2. The SMILES string of the molecule is Cc1noc(C)c1CN1C(=O)[C@@H]2CC[C@H]1CN(C(=O)c1cccn1C)C2. The molecule has 26 heavy (non-hydrogen) atoms. The van der Waals surface area contributed by atoms with Gasteiger partial charge in [-0.2, -0.15) is 0 Å². The van der Waals surface area contributed by atoms with Crippen LogP contribution in [-0.2, 0) is 18.4 Å². The summed E-state index contributed by atoms with van der Waals surface area (Å²) in [6.45, 7) is 5.36. The minimum atomic E-state index is -0.126. The number of aryl methyl sites for hydroxylation is 3. The van der Waals surface area contributed by atoms with E-state index in [0.29, 0.717) is 25.3 Å².